The Bertz CT molecular complexity index is 1570. The summed E-state index contributed by atoms with van der Waals surface area (Å²) in [6.07, 6.45) is 3.98. The summed E-state index contributed by atoms with van der Waals surface area (Å²) in [5.74, 6) is 0.294. The Morgan fingerprint density at radius 3 is 2.67 bits per heavy atom. The van der Waals surface area contributed by atoms with Gasteiger partial charge >= 0.3 is 5.97 Å². The van der Waals surface area contributed by atoms with Gasteiger partial charge in [0.15, 0.2) is 15.7 Å². The van der Waals surface area contributed by atoms with E-state index in [0.29, 0.717) is 41.9 Å². The average molecular weight is 585 g/mol. The topological polar surface area (TPSA) is 101 Å². The lowest BCUT2D eigenvalue weighted by atomic mass is 9.69. The van der Waals surface area contributed by atoms with Gasteiger partial charge < -0.3 is 15.0 Å². The van der Waals surface area contributed by atoms with Crippen LogP contribution in [0.3, 0.4) is 0 Å². The number of ether oxygens (including phenoxy) is 1. The fourth-order valence-electron chi connectivity index (χ4n) is 6.34. The molecule has 1 N–H and O–H groups in total. The number of benzene rings is 2. The van der Waals surface area contributed by atoms with Gasteiger partial charge in [0.2, 0.25) is 5.95 Å². The summed E-state index contributed by atoms with van der Waals surface area (Å²) >= 11 is 6.11. The number of hydrogen-bond donors (Lipinski definition) is 1. The first kappa shape index (κ1) is 27.0. The predicted molar refractivity (Wildman–Crippen MR) is 150 cm³/mol. The van der Waals surface area contributed by atoms with Gasteiger partial charge in [0, 0.05) is 17.6 Å². The summed E-state index contributed by atoms with van der Waals surface area (Å²) in [4.78, 5) is 23.3. The highest BCUT2D eigenvalue weighted by molar-refractivity contribution is 7.91. The third-order valence-corrected chi connectivity index (χ3v) is 10.4. The zero-order chi connectivity index (χ0) is 28.0. The van der Waals surface area contributed by atoms with Gasteiger partial charge in [-0.05, 0) is 79.3 Å². The van der Waals surface area contributed by atoms with Crippen molar-refractivity contribution in [3.8, 4) is 0 Å². The minimum Gasteiger partial charge on any atom is -0.469 e. The Morgan fingerprint density at radius 2 is 1.98 bits per heavy atom. The number of carbonyl (C=O) groups excluding carboxylic acids is 1. The Balaban J connectivity index is 1.33. The van der Waals surface area contributed by atoms with E-state index in [1.54, 1.807) is 6.07 Å². The molecule has 4 aliphatic rings. The third-order valence-electron chi connectivity index (χ3n) is 8.32. The molecule has 3 aromatic rings. The van der Waals surface area contributed by atoms with Crippen molar-refractivity contribution in [3.63, 3.8) is 0 Å². The number of methoxy groups -OCH3 is 1. The minimum atomic E-state index is -3.64. The van der Waals surface area contributed by atoms with Gasteiger partial charge in [-0.15, -0.1) is 0 Å². The van der Waals surface area contributed by atoms with Crippen LogP contribution in [0.15, 0.2) is 47.4 Å². The van der Waals surface area contributed by atoms with Crippen LogP contribution in [0.5, 0.6) is 0 Å². The lowest BCUT2D eigenvalue weighted by Crippen LogP contribution is -2.52. The van der Waals surface area contributed by atoms with Crippen molar-refractivity contribution < 1.29 is 22.3 Å². The molecule has 210 valence electrons. The number of hydrogen-bond acceptors (Lipinski definition) is 8. The number of carbonyl (C=O) groups is 1. The lowest BCUT2D eigenvalue weighted by Gasteiger charge is -2.50. The number of sulfone groups is 1. The SMILES string of the molecule is COC(=O)Cc1ccc(Nc2nc(N3CC4CCC3CC4c3ccc(Cl)cc3)nc3c2S(=O)(=O)CCC3)c(F)c1. The van der Waals surface area contributed by atoms with Gasteiger partial charge in [0.1, 0.15) is 10.7 Å². The zero-order valence-corrected chi connectivity index (χ0v) is 23.6. The molecule has 3 aliphatic heterocycles. The van der Waals surface area contributed by atoms with E-state index in [-0.39, 0.29) is 34.6 Å². The molecular formula is C29H30ClFN4O4S. The highest BCUT2D eigenvalue weighted by Crippen LogP contribution is 2.46. The highest BCUT2D eigenvalue weighted by atomic mass is 35.5. The Hall–Kier alpha value is -3.24. The molecule has 3 unspecified atom stereocenters. The molecule has 1 aliphatic carbocycles. The molecule has 2 bridgehead atoms. The maximum atomic E-state index is 15.1. The Morgan fingerprint density at radius 1 is 1.18 bits per heavy atom. The van der Waals surface area contributed by atoms with Crippen LogP contribution in [0.2, 0.25) is 5.02 Å². The number of anilines is 3. The molecule has 0 spiro atoms. The number of rotatable bonds is 6. The van der Waals surface area contributed by atoms with Crippen molar-refractivity contribution in [2.24, 2.45) is 5.92 Å². The van der Waals surface area contributed by atoms with Crippen LogP contribution in [-0.2, 0) is 32.2 Å². The number of halogens is 2. The van der Waals surface area contributed by atoms with E-state index >= 15 is 4.39 Å². The van der Waals surface area contributed by atoms with E-state index in [1.807, 2.05) is 12.1 Å². The van der Waals surface area contributed by atoms with Gasteiger partial charge in [0.25, 0.3) is 0 Å². The molecule has 3 fully saturated rings. The fourth-order valence-corrected chi connectivity index (χ4v) is 8.09. The van der Waals surface area contributed by atoms with Crippen LogP contribution in [-0.4, -0.2) is 49.8 Å². The van der Waals surface area contributed by atoms with E-state index in [1.165, 1.54) is 24.8 Å². The smallest absolute Gasteiger partial charge is 0.309 e. The molecule has 2 saturated heterocycles. The summed E-state index contributed by atoms with van der Waals surface area (Å²) < 4.78 is 46.0. The summed E-state index contributed by atoms with van der Waals surface area (Å²) in [5, 5.41) is 3.67. The van der Waals surface area contributed by atoms with Gasteiger partial charge in [-0.25, -0.2) is 17.8 Å². The number of nitrogens with zero attached hydrogens (tertiary/aromatic N) is 3. The second-order valence-corrected chi connectivity index (χ2v) is 13.3. The Labute approximate surface area is 237 Å². The van der Waals surface area contributed by atoms with Crippen LogP contribution >= 0.6 is 11.6 Å². The monoisotopic (exact) mass is 584 g/mol. The van der Waals surface area contributed by atoms with Crippen LogP contribution < -0.4 is 10.2 Å². The molecule has 11 heteroatoms. The number of esters is 1. The molecule has 0 radical (unpaired) electrons. The van der Waals surface area contributed by atoms with Crippen LogP contribution in [0, 0.1) is 11.7 Å². The number of aromatic nitrogens is 2. The van der Waals surface area contributed by atoms with Crippen molar-refractivity contribution in [2.75, 3.05) is 29.6 Å². The van der Waals surface area contributed by atoms with Crippen molar-refractivity contribution in [1.29, 1.82) is 0 Å². The maximum Gasteiger partial charge on any atom is 0.309 e. The predicted octanol–water partition coefficient (Wildman–Crippen LogP) is 5.22. The molecule has 1 saturated carbocycles. The number of fused-ring (bicyclic) bond motifs is 4. The summed E-state index contributed by atoms with van der Waals surface area (Å²) in [5.41, 5.74) is 2.28. The van der Waals surface area contributed by atoms with Crippen LogP contribution in [0.1, 0.15) is 48.4 Å². The fraction of sp³-hybridized carbons (Fsp3) is 0.414. The number of nitrogens with one attached hydrogen (secondary N) is 1. The normalized spacial score (nSPS) is 23.0. The van der Waals surface area contributed by atoms with E-state index in [0.717, 1.165) is 30.8 Å². The van der Waals surface area contributed by atoms with Crippen molar-refractivity contribution in [2.45, 2.75) is 55.4 Å². The standard InChI is InChI=1S/C29H30ClFN4O4S/c1-39-26(36)14-17-4-11-24(23(31)13-17)32-28-27-25(3-2-12-40(27,37)38)33-29(34-28)35-16-19-7-10-21(35)15-22(19)18-5-8-20(30)9-6-18/h4-6,8-9,11,13,19,21-22H,2-3,7,10,12,14-16H2,1H3,(H,32,33,34). The first-order valence-electron chi connectivity index (χ1n) is 13.5. The van der Waals surface area contributed by atoms with Crippen molar-refractivity contribution >= 4 is 44.9 Å². The quantitative estimate of drug-likeness (QED) is 0.394. The van der Waals surface area contributed by atoms with E-state index in [4.69, 9.17) is 21.6 Å². The first-order chi connectivity index (χ1) is 19.2. The number of aryl methyl sites for hydroxylation is 1. The summed E-state index contributed by atoms with van der Waals surface area (Å²) in [7, 11) is -2.37. The molecule has 40 heavy (non-hydrogen) atoms. The molecule has 1 aromatic heterocycles. The van der Waals surface area contributed by atoms with Gasteiger partial charge in [-0.3, -0.25) is 4.79 Å². The van der Waals surface area contributed by atoms with E-state index < -0.39 is 21.6 Å². The van der Waals surface area contributed by atoms with Crippen molar-refractivity contribution in [3.05, 3.63) is 70.1 Å². The van der Waals surface area contributed by atoms with Gasteiger partial charge in [-0.1, -0.05) is 29.8 Å². The van der Waals surface area contributed by atoms with Gasteiger partial charge in [-0.2, -0.15) is 4.98 Å². The van der Waals surface area contributed by atoms with E-state index in [2.05, 4.69) is 27.1 Å². The van der Waals surface area contributed by atoms with Gasteiger partial charge in [0.05, 0.1) is 30.7 Å². The molecule has 7 rings (SSSR count). The molecule has 3 atom stereocenters. The van der Waals surface area contributed by atoms with Crippen LogP contribution in [0.25, 0.3) is 0 Å². The zero-order valence-electron chi connectivity index (χ0n) is 22.1. The molecular weight excluding hydrogens is 555 g/mol. The first-order valence-corrected chi connectivity index (χ1v) is 15.5. The number of piperidine rings is 2. The van der Waals surface area contributed by atoms with Crippen molar-refractivity contribution in [1.82, 2.24) is 9.97 Å². The summed E-state index contributed by atoms with van der Waals surface area (Å²) in [6.45, 7) is 0.763. The minimum absolute atomic E-state index is 0.00484. The molecule has 2 aromatic carbocycles. The third kappa shape index (κ3) is 5.14. The maximum absolute atomic E-state index is 15.1. The highest BCUT2D eigenvalue weighted by Gasteiger charge is 2.43. The molecule has 0 amide bonds. The van der Waals surface area contributed by atoms with Crippen LogP contribution in [0.4, 0.5) is 21.8 Å². The molecule has 4 heterocycles. The van der Waals surface area contributed by atoms with E-state index in [9.17, 15) is 13.2 Å². The lowest BCUT2D eigenvalue weighted by molar-refractivity contribution is -0.139. The Kier molecular flexibility index (Phi) is 7.16. The second-order valence-electron chi connectivity index (χ2n) is 10.8. The summed E-state index contributed by atoms with van der Waals surface area (Å²) in [6, 6.07) is 12.6. The average Bonchev–Trinajstić information content (AvgIpc) is 2.94. The second kappa shape index (κ2) is 10.6. The largest absolute Gasteiger partial charge is 0.469 e. The molecule has 8 nitrogen and oxygen atoms in total.